The number of thiophene rings is 2. The molecule has 0 unspecified atom stereocenters. The summed E-state index contributed by atoms with van der Waals surface area (Å²) in [5.41, 5.74) is 0.378. The lowest BCUT2D eigenvalue weighted by Crippen LogP contribution is -2.40. The predicted octanol–water partition coefficient (Wildman–Crippen LogP) is 3.47. The number of amides is 1. The van der Waals surface area contributed by atoms with Gasteiger partial charge < -0.3 is 14.8 Å². The van der Waals surface area contributed by atoms with Crippen LogP contribution in [0.5, 0.6) is 0 Å². The van der Waals surface area contributed by atoms with E-state index in [0.717, 1.165) is 16.0 Å². The molecule has 23 heavy (non-hydrogen) atoms. The highest BCUT2D eigenvalue weighted by molar-refractivity contribution is 7.10. The van der Waals surface area contributed by atoms with Crippen molar-refractivity contribution in [2.75, 3.05) is 6.54 Å². The third kappa shape index (κ3) is 3.61. The van der Waals surface area contributed by atoms with E-state index < -0.39 is 5.60 Å². The van der Waals surface area contributed by atoms with Gasteiger partial charge in [-0.15, -0.1) is 11.3 Å². The Hall–Kier alpha value is -2.15. The van der Waals surface area contributed by atoms with Crippen LogP contribution in [0.4, 0.5) is 0 Å². The minimum atomic E-state index is -1.21. The molecule has 0 aromatic carbocycles. The van der Waals surface area contributed by atoms with Crippen molar-refractivity contribution in [1.82, 2.24) is 5.32 Å². The van der Waals surface area contributed by atoms with E-state index in [-0.39, 0.29) is 12.5 Å². The zero-order chi connectivity index (χ0) is 16.1. The number of carbonyl (C=O) groups is 1. The fourth-order valence-corrected chi connectivity index (χ4v) is 3.73. The van der Waals surface area contributed by atoms with Crippen molar-refractivity contribution < 1.29 is 14.3 Å². The molecule has 0 spiro atoms. The summed E-state index contributed by atoms with van der Waals surface area (Å²) in [6, 6.07) is 7.39. The molecule has 0 aliphatic carbocycles. The second-order valence-electron chi connectivity index (χ2n) is 4.96. The van der Waals surface area contributed by atoms with Crippen LogP contribution in [0.25, 0.3) is 6.08 Å². The predicted molar refractivity (Wildman–Crippen MR) is 92.4 cm³/mol. The molecule has 0 fully saturated rings. The summed E-state index contributed by atoms with van der Waals surface area (Å²) < 4.78 is 4.94. The number of carbonyl (C=O) groups excluding carboxylic acids is 1. The number of hydrogen-bond donors (Lipinski definition) is 2. The van der Waals surface area contributed by atoms with Gasteiger partial charge >= 0.3 is 0 Å². The zero-order valence-corrected chi connectivity index (χ0v) is 13.8. The van der Waals surface area contributed by atoms with E-state index in [9.17, 15) is 9.90 Å². The molecule has 1 atom stereocenters. The Balaban J connectivity index is 1.71. The molecule has 1 amide bonds. The minimum Gasteiger partial charge on any atom is -0.472 e. The third-order valence-corrected chi connectivity index (χ3v) is 5.12. The van der Waals surface area contributed by atoms with Crippen LogP contribution < -0.4 is 5.32 Å². The highest BCUT2D eigenvalue weighted by Gasteiger charge is 2.33. The number of aliphatic hydroxyl groups is 1. The first kappa shape index (κ1) is 15.7. The van der Waals surface area contributed by atoms with E-state index in [1.54, 1.807) is 24.7 Å². The van der Waals surface area contributed by atoms with Crippen LogP contribution in [0.2, 0.25) is 0 Å². The smallest absolute Gasteiger partial charge is 0.244 e. The molecule has 4 nitrogen and oxygen atoms in total. The van der Waals surface area contributed by atoms with Crippen molar-refractivity contribution in [3.05, 3.63) is 75.0 Å². The summed E-state index contributed by atoms with van der Waals surface area (Å²) >= 11 is 2.98. The monoisotopic (exact) mass is 345 g/mol. The van der Waals surface area contributed by atoms with Crippen molar-refractivity contribution in [2.24, 2.45) is 0 Å². The van der Waals surface area contributed by atoms with E-state index in [4.69, 9.17) is 4.42 Å². The van der Waals surface area contributed by atoms with Gasteiger partial charge in [0.1, 0.15) is 5.60 Å². The van der Waals surface area contributed by atoms with Gasteiger partial charge in [-0.3, -0.25) is 4.79 Å². The van der Waals surface area contributed by atoms with Crippen LogP contribution >= 0.6 is 22.7 Å². The van der Waals surface area contributed by atoms with Gasteiger partial charge in [0.05, 0.1) is 19.1 Å². The molecule has 0 saturated heterocycles. The second kappa shape index (κ2) is 6.95. The van der Waals surface area contributed by atoms with Crippen molar-refractivity contribution in [2.45, 2.75) is 5.60 Å². The van der Waals surface area contributed by atoms with E-state index in [1.165, 1.54) is 28.7 Å². The van der Waals surface area contributed by atoms with Gasteiger partial charge in [-0.2, -0.15) is 11.3 Å². The Morgan fingerprint density at radius 2 is 2.26 bits per heavy atom. The lowest BCUT2D eigenvalue weighted by Gasteiger charge is -2.26. The summed E-state index contributed by atoms with van der Waals surface area (Å²) in [5, 5.41) is 19.6. The molecule has 3 aromatic heterocycles. The number of furan rings is 1. The van der Waals surface area contributed by atoms with E-state index in [1.807, 2.05) is 34.3 Å². The Bertz CT molecular complexity index is 725. The molecule has 118 valence electrons. The minimum absolute atomic E-state index is 0.110. The van der Waals surface area contributed by atoms with E-state index in [0.29, 0.717) is 0 Å². The van der Waals surface area contributed by atoms with Gasteiger partial charge in [-0.1, -0.05) is 6.07 Å². The van der Waals surface area contributed by atoms with Crippen LogP contribution in [-0.2, 0) is 10.4 Å². The van der Waals surface area contributed by atoms with Crippen LogP contribution in [0.1, 0.15) is 16.0 Å². The quantitative estimate of drug-likeness (QED) is 0.673. The lowest BCUT2D eigenvalue weighted by atomic mass is 9.94. The number of hydrogen-bond acceptors (Lipinski definition) is 5. The van der Waals surface area contributed by atoms with Crippen LogP contribution in [-0.4, -0.2) is 17.6 Å². The molecule has 0 bridgehead atoms. The summed E-state index contributed by atoms with van der Waals surface area (Å²) in [4.78, 5) is 12.8. The first-order valence-electron chi connectivity index (χ1n) is 6.95. The number of rotatable bonds is 6. The Labute approximate surface area is 141 Å². The van der Waals surface area contributed by atoms with Gasteiger partial charge in [0.25, 0.3) is 0 Å². The highest BCUT2D eigenvalue weighted by Crippen LogP contribution is 2.33. The van der Waals surface area contributed by atoms with Crippen molar-refractivity contribution in [1.29, 1.82) is 0 Å². The first-order chi connectivity index (χ1) is 11.2. The largest absolute Gasteiger partial charge is 0.472 e. The highest BCUT2D eigenvalue weighted by atomic mass is 32.1. The molecule has 3 aromatic rings. The summed E-state index contributed by atoms with van der Waals surface area (Å²) in [5.74, 6) is -0.267. The van der Waals surface area contributed by atoms with Gasteiger partial charge in [-0.25, -0.2) is 0 Å². The summed E-state index contributed by atoms with van der Waals surface area (Å²) in [6.07, 6.45) is 6.18. The Kier molecular flexibility index (Phi) is 4.76. The van der Waals surface area contributed by atoms with Crippen molar-refractivity contribution >= 4 is 34.7 Å². The average Bonchev–Trinajstić information content (AvgIpc) is 3.33. The number of nitrogens with one attached hydrogen (secondary N) is 1. The normalized spacial score (nSPS) is 14.0. The molecule has 0 saturated carbocycles. The maximum Gasteiger partial charge on any atom is 0.244 e. The first-order valence-corrected chi connectivity index (χ1v) is 8.78. The van der Waals surface area contributed by atoms with Gasteiger partial charge in [0, 0.05) is 22.1 Å². The van der Waals surface area contributed by atoms with Gasteiger partial charge in [0.2, 0.25) is 5.91 Å². The third-order valence-electron chi connectivity index (χ3n) is 3.42. The Morgan fingerprint density at radius 1 is 1.35 bits per heavy atom. The van der Waals surface area contributed by atoms with Crippen LogP contribution in [0.3, 0.4) is 0 Å². The fourth-order valence-electron chi connectivity index (χ4n) is 2.16. The molecule has 3 rings (SSSR count). The standard InChI is InChI=1S/C17H15NO3S2/c19-16(4-3-13-5-7-21-10-13)18-12-17(20,14-6-9-22-11-14)15-2-1-8-23-15/h1-11,20H,12H2,(H,18,19)/b4-3+/t17-/m1/s1. The molecule has 3 heterocycles. The summed E-state index contributed by atoms with van der Waals surface area (Å²) in [7, 11) is 0. The second-order valence-corrected chi connectivity index (χ2v) is 6.69. The fraction of sp³-hybridized carbons (Fsp3) is 0.118. The van der Waals surface area contributed by atoms with Crippen molar-refractivity contribution in [3.8, 4) is 0 Å². The average molecular weight is 345 g/mol. The maximum absolute atomic E-state index is 12.0. The lowest BCUT2D eigenvalue weighted by molar-refractivity contribution is -0.117. The topological polar surface area (TPSA) is 62.5 Å². The zero-order valence-electron chi connectivity index (χ0n) is 12.1. The van der Waals surface area contributed by atoms with Crippen LogP contribution in [0.15, 0.2) is 63.4 Å². The molecular formula is C17H15NO3S2. The van der Waals surface area contributed by atoms with Crippen molar-refractivity contribution in [3.63, 3.8) is 0 Å². The molecule has 0 radical (unpaired) electrons. The van der Waals surface area contributed by atoms with Gasteiger partial charge in [0.15, 0.2) is 0 Å². The molecule has 2 N–H and O–H groups in total. The van der Waals surface area contributed by atoms with Gasteiger partial charge in [-0.05, 0) is 40.4 Å². The molecular weight excluding hydrogens is 330 g/mol. The van der Waals surface area contributed by atoms with E-state index in [2.05, 4.69) is 5.32 Å². The molecule has 0 aliphatic rings. The Morgan fingerprint density at radius 3 is 2.91 bits per heavy atom. The SMILES string of the molecule is O=C(/C=C/c1ccoc1)NC[C@@](O)(c1ccsc1)c1cccs1. The summed E-state index contributed by atoms with van der Waals surface area (Å²) in [6.45, 7) is 0.110. The molecule has 0 aliphatic heterocycles. The molecule has 6 heteroatoms. The maximum atomic E-state index is 12.0. The van der Waals surface area contributed by atoms with Crippen LogP contribution in [0, 0.1) is 0 Å². The van der Waals surface area contributed by atoms with E-state index >= 15 is 0 Å².